The third kappa shape index (κ3) is 4.15. The van der Waals surface area contributed by atoms with Crippen LogP contribution in [0.2, 0.25) is 0 Å². The summed E-state index contributed by atoms with van der Waals surface area (Å²) >= 11 is 0.989. The standard InChI is InChI=1S/C16H13N3O7S/c1-25-8-2-4-9(5-3-8)26-16(24)17-7-10-6-11(15(22)23)12(27-10)18-19-13(20)14(19)21/h2-6,18H,7H2,1H3,(H,17,24)(H,22,23). The molecule has 0 saturated heterocycles. The third-order valence-electron chi connectivity index (χ3n) is 3.44. The smallest absolute Gasteiger partial charge is 0.412 e. The molecule has 0 spiro atoms. The van der Waals surface area contributed by atoms with Gasteiger partial charge >= 0.3 is 23.2 Å². The molecule has 3 rings (SSSR count). The zero-order valence-electron chi connectivity index (χ0n) is 13.8. The van der Waals surface area contributed by atoms with Crippen LogP contribution in [-0.2, 0) is 6.54 Å². The van der Waals surface area contributed by atoms with Crippen LogP contribution in [0.5, 0.6) is 11.5 Å². The lowest BCUT2D eigenvalue weighted by Crippen LogP contribution is -2.25. The molecular formula is C16H13N3O7S. The van der Waals surface area contributed by atoms with Gasteiger partial charge in [-0.25, -0.2) is 9.59 Å². The first kappa shape index (κ1) is 18.2. The molecule has 0 radical (unpaired) electrons. The number of methoxy groups -OCH3 is 1. The van der Waals surface area contributed by atoms with E-state index in [1.807, 2.05) is 0 Å². The van der Waals surface area contributed by atoms with Gasteiger partial charge in [0.2, 0.25) is 0 Å². The predicted molar refractivity (Wildman–Crippen MR) is 95.5 cm³/mol. The molecule has 0 bridgehead atoms. The normalized spacial score (nSPS) is 10.6. The number of aromatic carboxylic acids is 1. The molecule has 1 aromatic carbocycles. The number of amides is 1. The molecule has 140 valence electrons. The second kappa shape index (κ2) is 7.33. The van der Waals surface area contributed by atoms with Gasteiger partial charge in [-0.3, -0.25) is 15.0 Å². The molecule has 2 heterocycles. The minimum Gasteiger partial charge on any atom is -0.497 e. The summed E-state index contributed by atoms with van der Waals surface area (Å²) in [4.78, 5) is 45.7. The van der Waals surface area contributed by atoms with Crippen LogP contribution < -0.4 is 31.3 Å². The van der Waals surface area contributed by atoms with E-state index >= 15 is 0 Å². The number of rotatable bonds is 7. The maximum atomic E-state index is 11.9. The number of nitrogens with one attached hydrogen (secondary N) is 2. The van der Waals surface area contributed by atoms with Gasteiger partial charge in [0.25, 0.3) is 0 Å². The summed E-state index contributed by atoms with van der Waals surface area (Å²) in [6, 6.07) is 7.73. The molecule has 0 atom stereocenters. The highest BCUT2D eigenvalue weighted by atomic mass is 32.1. The number of nitrogens with zero attached hydrogens (tertiary/aromatic N) is 1. The van der Waals surface area contributed by atoms with Gasteiger partial charge in [0.05, 0.1) is 19.2 Å². The minimum absolute atomic E-state index is 0.00348. The largest absolute Gasteiger partial charge is 0.497 e. The highest BCUT2D eigenvalue weighted by Crippen LogP contribution is 2.28. The lowest BCUT2D eigenvalue weighted by atomic mass is 10.3. The van der Waals surface area contributed by atoms with Crippen molar-refractivity contribution in [3.63, 3.8) is 0 Å². The molecule has 10 nitrogen and oxygen atoms in total. The maximum absolute atomic E-state index is 11.9. The lowest BCUT2D eigenvalue weighted by Gasteiger charge is -2.06. The number of carbonyl (C=O) groups excluding carboxylic acids is 1. The van der Waals surface area contributed by atoms with Crippen LogP contribution in [0.25, 0.3) is 0 Å². The molecular weight excluding hydrogens is 378 g/mol. The van der Waals surface area contributed by atoms with Crippen molar-refractivity contribution in [1.82, 2.24) is 9.99 Å². The van der Waals surface area contributed by atoms with E-state index in [4.69, 9.17) is 9.47 Å². The molecule has 3 N–H and O–H groups in total. The van der Waals surface area contributed by atoms with E-state index in [1.54, 1.807) is 24.3 Å². The molecule has 0 unspecified atom stereocenters. The molecule has 11 heteroatoms. The Labute approximate surface area is 155 Å². The van der Waals surface area contributed by atoms with Crippen LogP contribution in [0.1, 0.15) is 15.2 Å². The summed E-state index contributed by atoms with van der Waals surface area (Å²) in [5.74, 6) is -0.305. The molecule has 0 aliphatic rings. The number of carbonyl (C=O) groups is 2. The number of carboxylic acids is 1. The molecule has 0 aliphatic heterocycles. The summed E-state index contributed by atoms with van der Waals surface area (Å²) in [5, 5.41) is 11.8. The average Bonchev–Trinajstić information content (AvgIpc) is 3.05. The van der Waals surface area contributed by atoms with Crippen molar-refractivity contribution in [2.75, 3.05) is 12.5 Å². The van der Waals surface area contributed by atoms with Crippen LogP contribution in [0.3, 0.4) is 0 Å². The Bertz CT molecular complexity index is 1030. The van der Waals surface area contributed by atoms with E-state index in [2.05, 4.69) is 10.7 Å². The number of carboxylic acid groups (broad SMARTS) is 1. The van der Waals surface area contributed by atoms with Crippen molar-refractivity contribution in [3.8, 4) is 11.5 Å². The molecule has 0 aliphatic carbocycles. The van der Waals surface area contributed by atoms with Crippen LogP contribution in [0.15, 0.2) is 39.9 Å². The summed E-state index contributed by atoms with van der Waals surface area (Å²) in [7, 11) is 1.52. The van der Waals surface area contributed by atoms with E-state index in [-0.39, 0.29) is 17.1 Å². The van der Waals surface area contributed by atoms with Crippen LogP contribution in [0, 0.1) is 0 Å². The van der Waals surface area contributed by atoms with Crippen LogP contribution >= 0.6 is 11.3 Å². The highest BCUT2D eigenvalue weighted by Gasteiger charge is 2.21. The zero-order chi connectivity index (χ0) is 19.6. The monoisotopic (exact) mass is 391 g/mol. The number of benzene rings is 1. The number of aromatic nitrogens is 1. The Balaban J connectivity index is 1.62. The Hall–Kier alpha value is -3.60. The van der Waals surface area contributed by atoms with Crippen molar-refractivity contribution in [3.05, 3.63) is 61.5 Å². The van der Waals surface area contributed by atoms with Gasteiger partial charge in [-0.1, -0.05) is 0 Å². The van der Waals surface area contributed by atoms with Gasteiger partial charge in [-0.15, -0.1) is 11.3 Å². The first-order chi connectivity index (χ1) is 12.9. The number of ether oxygens (including phenoxy) is 2. The molecule has 1 amide bonds. The topological polar surface area (TPSA) is 136 Å². The van der Waals surface area contributed by atoms with Crippen molar-refractivity contribution in [2.24, 2.45) is 0 Å². The fraction of sp³-hybridized carbons (Fsp3) is 0.125. The second-order valence-corrected chi connectivity index (χ2v) is 6.37. The molecule has 3 aromatic rings. The molecule has 0 saturated carbocycles. The van der Waals surface area contributed by atoms with E-state index in [9.17, 15) is 24.3 Å². The summed E-state index contributed by atoms with van der Waals surface area (Å²) in [5.41, 5.74) is 0.827. The maximum Gasteiger partial charge on any atom is 0.412 e. The average molecular weight is 391 g/mol. The number of anilines is 1. The Morgan fingerprint density at radius 2 is 1.78 bits per heavy atom. The second-order valence-electron chi connectivity index (χ2n) is 5.24. The predicted octanol–water partition coefficient (Wildman–Crippen LogP) is 1.02. The van der Waals surface area contributed by atoms with Crippen molar-refractivity contribution in [1.29, 1.82) is 0 Å². The Morgan fingerprint density at radius 1 is 1.15 bits per heavy atom. The van der Waals surface area contributed by atoms with E-state index in [0.29, 0.717) is 21.1 Å². The number of thiophene rings is 1. The fourth-order valence-corrected chi connectivity index (χ4v) is 3.03. The minimum atomic E-state index is -1.23. The first-order valence-electron chi connectivity index (χ1n) is 7.50. The number of hydrogen-bond acceptors (Lipinski definition) is 8. The highest BCUT2D eigenvalue weighted by molar-refractivity contribution is 7.16. The number of hydrogen-bond donors (Lipinski definition) is 3. The molecule has 0 fully saturated rings. The molecule has 27 heavy (non-hydrogen) atoms. The van der Waals surface area contributed by atoms with Gasteiger partial charge in [0, 0.05) is 4.88 Å². The van der Waals surface area contributed by atoms with Gasteiger partial charge in [-0.2, -0.15) is 4.68 Å². The van der Waals surface area contributed by atoms with E-state index in [1.165, 1.54) is 13.2 Å². The quantitative estimate of drug-likeness (QED) is 0.508. The van der Waals surface area contributed by atoms with E-state index < -0.39 is 23.2 Å². The zero-order valence-corrected chi connectivity index (χ0v) is 14.7. The van der Waals surface area contributed by atoms with Crippen LogP contribution in [-0.4, -0.2) is 29.0 Å². The molecule has 2 aromatic heterocycles. The summed E-state index contributed by atoms with van der Waals surface area (Å²) in [6.07, 6.45) is -0.726. The Kier molecular flexibility index (Phi) is 4.94. The van der Waals surface area contributed by atoms with Crippen molar-refractivity contribution < 1.29 is 24.2 Å². The SMILES string of the molecule is COc1ccc(OC(=O)NCc2cc(C(=O)O)c(Nn3c(=O)c3=O)s2)cc1. The van der Waals surface area contributed by atoms with Crippen LogP contribution in [0.4, 0.5) is 9.80 Å². The third-order valence-corrected chi connectivity index (χ3v) is 4.48. The van der Waals surface area contributed by atoms with Crippen molar-refractivity contribution >= 4 is 28.4 Å². The van der Waals surface area contributed by atoms with Gasteiger partial charge in [-0.05, 0) is 30.3 Å². The fourth-order valence-electron chi connectivity index (χ4n) is 2.06. The van der Waals surface area contributed by atoms with E-state index in [0.717, 1.165) is 11.3 Å². The summed E-state index contributed by atoms with van der Waals surface area (Å²) < 4.78 is 10.8. The van der Waals surface area contributed by atoms with Gasteiger partial charge < -0.3 is 19.9 Å². The van der Waals surface area contributed by atoms with Gasteiger partial charge in [0.1, 0.15) is 16.5 Å². The lowest BCUT2D eigenvalue weighted by molar-refractivity contribution is 0.0698. The Morgan fingerprint density at radius 3 is 2.33 bits per heavy atom. The van der Waals surface area contributed by atoms with Gasteiger partial charge in [0.15, 0.2) is 0 Å². The first-order valence-corrected chi connectivity index (χ1v) is 8.31. The summed E-state index contributed by atoms with van der Waals surface area (Å²) in [6.45, 7) is 0.00348. The van der Waals surface area contributed by atoms with Crippen molar-refractivity contribution in [2.45, 2.75) is 6.54 Å².